The van der Waals surface area contributed by atoms with Crippen molar-refractivity contribution in [3.8, 4) is 11.1 Å². The first-order valence-electron chi connectivity index (χ1n) is 9.36. The van der Waals surface area contributed by atoms with Gasteiger partial charge in [-0.3, -0.25) is 5.32 Å². The van der Waals surface area contributed by atoms with E-state index in [-0.39, 0.29) is 6.04 Å². The third-order valence-electron chi connectivity index (χ3n) is 4.37. The fraction of sp³-hybridized carbons (Fsp3) is 0.227. The Bertz CT molecular complexity index is 949. The van der Waals surface area contributed by atoms with E-state index in [1.807, 2.05) is 48.5 Å². The summed E-state index contributed by atoms with van der Waals surface area (Å²) < 4.78 is 4.63. The van der Waals surface area contributed by atoms with E-state index in [0.717, 1.165) is 33.2 Å². The molecule has 29 heavy (non-hydrogen) atoms. The maximum absolute atomic E-state index is 11.4. The van der Waals surface area contributed by atoms with E-state index in [2.05, 4.69) is 39.3 Å². The first-order chi connectivity index (χ1) is 14.1. The number of carbonyl (C=O) groups is 1. The molecule has 0 aliphatic rings. The van der Waals surface area contributed by atoms with Crippen LogP contribution in [0.2, 0.25) is 0 Å². The van der Waals surface area contributed by atoms with E-state index in [0.29, 0.717) is 12.1 Å². The van der Waals surface area contributed by atoms with Gasteiger partial charge in [0.05, 0.1) is 18.8 Å². The Hall–Kier alpha value is -2.90. The van der Waals surface area contributed by atoms with Crippen LogP contribution >= 0.6 is 11.8 Å². The second-order valence-corrected chi connectivity index (χ2v) is 7.66. The predicted octanol–water partition coefficient (Wildman–Crippen LogP) is 4.68. The van der Waals surface area contributed by atoms with Gasteiger partial charge >= 0.3 is 6.09 Å². The van der Waals surface area contributed by atoms with Gasteiger partial charge in [0.2, 0.25) is 0 Å². The average Bonchev–Trinajstić information content (AvgIpc) is 2.75. The number of nitrogens with zero attached hydrogens (tertiary/aromatic N) is 2. The largest absolute Gasteiger partial charge is 0.453 e. The second kappa shape index (κ2) is 10.0. The third kappa shape index (κ3) is 5.56. The van der Waals surface area contributed by atoms with Crippen LogP contribution in [0, 0.1) is 0 Å². The molecule has 6 nitrogen and oxygen atoms in total. The lowest BCUT2D eigenvalue weighted by molar-refractivity contribution is 0.187. The van der Waals surface area contributed by atoms with Crippen molar-refractivity contribution in [1.29, 1.82) is 0 Å². The number of thioether (sulfide) groups is 1. The fourth-order valence-electron chi connectivity index (χ4n) is 2.90. The summed E-state index contributed by atoms with van der Waals surface area (Å²) in [4.78, 5) is 11.4. The molecule has 3 rings (SSSR count). The maximum atomic E-state index is 11.4. The molecule has 0 radical (unpaired) electrons. The molecule has 1 atom stereocenters. The Morgan fingerprint density at radius 2 is 1.86 bits per heavy atom. The molecule has 0 aliphatic carbocycles. The first-order valence-corrected chi connectivity index (χ1v) is 10.3. The molecule has 0 aliphatic heterocycles. The van der Waals surface area contributed by atoms with Crippen LogP contribution in [0.5, 0.6) is 0 Å². The van der Waals surface area contributed by atoms with Crippen LogP contribution < -0.4 is 11.1 Å². The molecule has 1 amide bonds. The van der Waals surface area contributed by atoms with E-state index < -0.39 is 6.09 Å². The molecule has 7 heteroatoms. The quantitative estimate of drug-likeness (QED) is 0.552. The molecule has 1 heterocycles. The van der Waals surface area contributed by atoms with Gasteiger partial charge < -0.3 is 10.5 Å². The van der Waals surface area contributed by atoms with Crippen LogP contribution in [0.15, 0.2) is 65.7 Å². The van der Waals surface area contributed by atoms with Crippen LogP contribution in [-0.4, -0.2) is 29.2 Å². The molecule has 1 unspecified atom stereocenters. The molecular formula is C22H24N4O2S. The summed E-state index contributed by atoms with van der Waals surface area (Å²) in [5.41, 5.74) is 11.0. The van der Waals surface area contributed by atoms with E-state index in [4.69, 9.17) is 5.73 Å². The van der Waals surface area contributed by atoms with E-state index in [9.17, 15) is 4.79 Å². The summed E-state index contributed by atoms with van der Waals surface area (Å²) in [6.07, 6.45) is 0.191. The molecular weight excluding hydrogens is 384 g/mol. The summed E-state index contributed by atoms with van der Waals surface area (Å²) in [5, 5.41) is 12.3. The summed E-state index contributed by atoms with van der Waals surface area (Å²) >= 11 is 1.64. The van der Waals surface area contributed by atoms with Gasteiger partial charge in [0, 0.05) is 11.3 Å². The lowest BCUT2D eigenvalue weighted by Gasteiger charge is -2.14. The highest BCUT2D eigenvalue weighted by Crippen LogP contribution is 2.31. The highest BCUT2D eigenvalue weighted by atomic mass is 32.2. The molecule has 0 saturated carbocycles. The monoisotopic (exact) mass is 408 g/mol. The summed E-state index contributed by atoms with van der Waals surface area (Å²) in [5.74, 6) is 0.888. The normalized spacial score (nSPS) is 11.7. The molecule has 1 aromatic heterocycles. The second-order valence-electron chi connectivity index (χ2n) is 6.41. The molecule has 0 spiro atoms. The van der Waals surface area contributed by atoms with E-state index in [1.54, 1.807) is 11.8 Å². The van der Waals surface area contributed by atoms with Gasteiger partial charge in [-0.1, -0.05) is 49.4 Å². The summed E-state index contributed by atoms with van der Waals surface area (Å²) in [6, 6.07) is 19.4. The van der Waals surface area contributed by atoms with Crippen molar-refractivity contribution < 1.29 is 9.53 Å². The Kier molecular flexibility index (Phi) is 7.21. The molecule has 0 bridgehead atoms. The smallest absolute Gasteiger partial charge is 0.411 e. The molecule has 0 fully saturated rings. The summed E-state index contributed by atoms with van der Waals surface area (Å²) in [7, 11) is 1.33. The Morgan fingerprint density at radius 3 is 2.52 bits per heavy atom. The zero-order valence-electron chi connectivity index (χ0n) is 16.5. The van der Waals surface area contributed by atoms with E-state index in [1.165, 1.54) is 7.11 Å². The number of nitrogens with two attached hydrogens (primary N) is 1. The van der Waals surface area contributed by atoms with Crippen molar-refractivity contribution in [2.75, 3.05) is 18.2 Å². The molecule has 3 N–H and O–H groups in total. The van der Waals surface area contributed by atoms with Crippen LogP contribution in [0.25, 0.3) is 11.1 Å². The topological polar surface area (TPSA) is 90.1 Å². The lowest BCUT2D eigenvalue weighted by atomic mass is 10.0. The SMILES string of the molecule is CCSc1nnc(C(N)Cc2ccccc2)cc1-c1ccc(NC(=O)OC)cc1. The minimum atomic E-state index is -0.500. The van der Waals surface area contributed by atoms with Crippen molar-refractivity contribution in [1.82, 2.24) is 10.2 Å². The minimum absolute atomic E-state index is 0.246. The van der Waals surface area contributed by atoms with Gasteiger partial charge in [0.1, 0.15) is 5.03 Å². The zero-order chi connectivity index (χ0) is 20.6. The first kappa shape index (κ1) is 20.8. The zero-order valence-corrected chi connectivity index (χ0v) is 17.3. The van der Waals surface area contributed by atoms with Crippen molar-refractivity contribution in [2.45, 2.75) is 24.4 Å². The van der Waals surface area contributed by atoms with Crippen molar-refractivity contribution in [3.05, 3.63) is 71.9 Å². The maximum Gasteiger partial charge on any atom is 0.411 e. The number of benzene rings is 2. The number of amides is 1. The number of nitrogens with one attached hydrogen (secondary N) is 1. The molecule has 150 valence electrons. The van der Waals surface area contributed by atoms with Crippen molar-refractivity contribution in [3.63, 3.8) is 0 Å². The van der Waals surface area contributed by atoms with Gasteiger partial charge in [0.15, 0.2) is 0 Å². The molecule has 0 saturated heterocycles. The van der Waals surface area contributed by atoms with Crippen LogP contribution in [0.3, 0.4) is 0 Å². The average molecular weight is 409 g/mol. The number of aromatic nitrogens is 2. The fourth-order valence-corrected chi connectivity index (χ4v) is 3.61. The lowest BCUT2D eigenvalue weighted by Crippen LogP contribution is -2.16. The summed E-state index contributed by atoms with van der Waals surface area (Å²) in [6.45, 7) is 2.08. The Morgan fingerprint density at radius 1 is 1.14 bits per heavy atom. The number of anilines is 1. The van der Waals surface area contributed by atoms with Crippen molar-refractivity contribution >= 4 is 23.5 Å². The van der Waals surface area contributed by atoms with Crippen molar-refractivity contribution in [2.24, 2.45) is 5.73 Å². The van der Waals surface area contributed by atoms with Gasteiger partial charge in [-0.15, -0.1) is 16.9 Å². The number of ether oxygens (including phenoxy) is 1. The highest BCUT2D eigenvalue weighted by Gasteiger charge is 2.15. The van der Waals surface area contributed by atoms with Crippen LogP contribution in [0.1, 0.15) is 24.2 Å². The third-order valence-corrected chi connectivity index (χ3v) is 5.23. The number of hydrogen-bond donors (Lipinski definition) is 2. The Labute approximate surface area is 174 Å². The van der Waals surface area contributed by atoms with Gasteiger partial charge in [-0.25, -0.2) is 4.79 Å². The number of carbonyl (C=O) groups excluding carboxylic acids is 1. The van der Waals surface area contributed by atoms with Crippen LogP contribution in [0.4, 0.5) is 10.5 Å². The Balaban J connectivity index is 1.87. The predicted molar refractivity (Wildman–Crippen MR) is 117 cm³/mol. The molecule has 3 aromatic rings. The number of hydrogen-bond acceptors (Lipinski definition) is 6. The van der Waals surface area contributed by atoms with Gasteiger partial charge in [-0.2, -0.15) is 5.10 Å². The number of methoxy groups -OCH3 is 1. The standard InChI is InChI=1S/C22H24N4O2S/c1-3-29-21-18(16-9-11-17(12-10-16)24-22(27)28-2)14-20(25-26-21)19(23)13-15-7-5-4-6-8-15/h4-12,14,19H,3,13,23H2,1-2H3,(H,24,27). The minimum Gasteiger partial charge on any atom is -0.453 e. The number of rotatable bonds is 7. The molecule has 2 aromatic carbocycles. The van der Waals surface area contributed by atoms with E-state index >= 15 is 0 Å². The van der Waals surface area contributed by atoms with Crippen LogP contribution in [-0.2, 0) is 11.2 Å². The highest BCUT2D eigenvalue weighted by molar-refractivity contribution is 7.99. The van der Waals surface area contributed by atoms with Gasteiger partial charge in [0.25, 0.3) is 0 Å². The van der Waals surface area contributed by atoms with Gasteiger partial charge in [-0.05, 0) is 41.5 Å².